The van der Waals surface area contributed by atoms with Crippen molar-refractivity contribution in [1.82, 2.24) is 0 Å². The molecule has 3 heterocycles. The van der Waals surface area contributed by atoms with Gasteiger partial charge in [0.25, 0.3) is 5.69 Å². The van der Waals surface area contributed by atoms with E-state index >= 15 is 0 Å². The molecule has 2 fully saturated rings. The Morgan fingerprint density at radius 1 is 1.29 bits per heavy atom. The van der Waals surface area contributed by atoms with Crippen LogP contribution in [-0.4, -0.2) is 39.7 Å². The average Bonchev–Trinajstić information content (AvgIpc) is 3.13. The third-order valence-electron chi connectivity index (χ3n) is 5.10. The summed E-state index contributed by atoms with van der Waals surface area (Å²) in [5, 5.41) is 20.7. The minimum Gasteiger partial charge on any atom is -0.393 e. The Bertz CT molecular complexity index is 821. The zero-order valence-electron chi connectivity index (χ0n) is 12.7. The van der Waals surface area contributed by atoms with Crippen molar-refractivity contribution in [2.45, 2.75) is 18.1 Å². The Kier molecular flexibility index (Phi) is 2.80. The number of non-ortho nitro benzene ring substituents is 1. The Hall–Kier alpha value is -2.58. The predicted molar refractivity (Wildman–Crippen MR) is 81.0 cm³/mol. The fraction of sp³-hybridized carbons (Fsp3) is 0.375. The number of carbonyl (C=O) groups excluding carboxylic acids is 2. The zero-order chi connectivity index (χ0) is 17.3. The first-order valence-electron chi connectivity index (χ1n) is 7.47. The second-order valence-corrected chi connectivity index (χ2v) is 6.48. The topological polar surface area (TPSA) is 110 Å². The molecule has 0 spiro atoms. The molecule has 3 aliphatic heterocycles. The van der Waals surface area contributed by atoms with E-state index in [9.17, 15) is 24.8 Å². The molecule has 8 nitrogen and oxygen atoms in total. The van der Waals surface area contributed by atoms with Crippen LogP contribution in [0.5, 0.6) is 0 Å². The van der Waals surface area contributed by atoms with Crippen molar-refractivity contribution in [1.29, 1.82) is 0 Å². The van der Waals surface area contributed by atoms with Gasteiger partial charge in [0, 0.05) is 12.1 Å². The van der Waals surface area contributed by atoms with Crippen LogP contribution in [0.4, 0.5) is 11.4 Å². The first kappa shape index (κ1) is 15.0. The minimum atomic E-state index is -1.21. The summed E-state index contributed by atoms with van der Waals surface area (Å²) in [5.41, 5.74) is -2.22. The van der Waals surface area contributed by atoms with Gasteiger partial charge in [-0.2, -0.15) is 0 Å². The van der Waals surface area contributed by atoms with Crippen molar-refractivity contribution < 1.29 is 24.4 Å². The summed E-state index contributed by atoms with van der Waals surface area (Å²) in [6, 6.07) is 5.39. The van der Waals surface area contributed by atoms with Gasteiger partial charge in [-0.05, 0) is 13.0 Å². The lowest BCUT2D eigenvalue weighted by Crippen LogP contribution is -2.43. The fourth-order valence-electron chi connectivity index (χ4n) is 4.04. The maximum Gasteiger partial charge on any atom is 0.271 e. The summed E-state index contributed by atoms with van der Waals surface area (Å²) < 4.78 is 5.81. The number of aliphatic hydroxyl groups is 1. The summed E-state index contributed by atoms with van der Waals surface area (Å²) in [7, 11) is 0. The lowest BCUT2D eigenvalue weighted by molar-refractivity contribution is -0.384. The fourth-order valence-corrected chi connectivity index (χ4v) is 4.04. The number of hydrogen-bond donors (Lipinski definition) is 1. The first-order chi connectivity index (χ1) is 11.3. The SMILES string of the molecule is C[C@]12C=C[C@](CO)(O1)[C@@H]1C(=O)N(c3cccc([N+](=O)[O-])c3)C(=O)[C@@H]12. The number of nitro groups is 1. The predicted octanol–water partition coefficient (Wildman–Crippen LogP) is 0.790. The lowest BCUT2D eigenvalue weighted by Gasteiger charge is -2.26. The number of rotatable bonds is 3. The standard InChI is InChI=1S/C16H14N2O6/c1-15-5-6-16(8-19,24-15)12-11(15)13(20)17(14(12)21)9-3-2-4-10(7-9)18(22)23/h2-7,11-12,19H,8H2,1H3/t11-,12+,15-,16-/m1/s1. The van der Waals surface area contributed by atoms with Crippen LogP contribution in [0.2, 0.25) is 0 Å². The molecular weight excluding hydrogens is 316 g/mol. The highest BCUT2D eigenvalue weighted by atomic mass is 16.6. The van der Waals surface area contributed by atoms with Gasteiger partial charge >= 0.3 is 0 Å². The quantitative estimate of drug-likeness (QED) is 0.380. The van der Waals surface area contributed by atoms with Crippen LogP contribution in [0.1, 0.15) is 6.92 Å². The van der Waals surface area contributed by atoms with E-state index in [1.165, 1.54) is 24.3 Å². The van der Waals surface area contributed by atoms with Crippen LogP contribution >= 0.6 is 0 Å². The van der Waals surface area contributed by atoms with Crippen LogP contribution < -0.4 is 4.90 Å². The Morgan fingerprint density at radius 3 is 2.67 bits per heavy atom. The van der Waals surface area contributed by atoms with E-state index in [-0.39, 0.29) is 11.4 Å². The third kappa shape index (κ3) is 1.64. The highest BCUT2D eigenvalue weighted by molar-refractivity contribution is 6.23. The molecule has 0 aliphatic carbocycles. The van der Waals surface area contributed by atoms with Crippen LogP contribution in [0.3, 0.4) is 0 Å². The summed E-state index contributed by atoms with van der Waals surface area (Å²) in [6.07, 6.45) is 3.34. The summed E-state index contributed by atoms with van der Waals surface area (Å²) in [6.45, 7) is 1.29. The number of ether oxygens (including phenoxy) is 1. The number of fused-ring (bicyclic) bond motifs is 5. The van der Waals surface area contributed by atoms with Gasteiger partial charge in [0.15, 0.2) is 0 Å². The van der Waals surface area contributed by atoms with E-state index in [0.717, 1.165) is 4.90 Å². The summed E-state index contributed by atoms with van der Waals surface area (Å²) >= 11 is 0. The van der Waals surface area contributed by atoms with Gasteiger partial charge < -0.3 is 9.84 Å². The summed E-state index contributed by atoms with van der Waals surface area (Å²) in [5.74, 6) is -2.55. The number of carbonyl (C=O) groups is 2. The molecule has 2 saturated heterocycles. The lowest BCUT2D eigenvalue weighted by atomic mass is 9.73. The molecule has 1 aromatic rings. The molecule has 0 aromatic heterocycles. The summed E-state index contributed by atoms with van der Waals surface area (Å²) in [4.78, 5) is 37.1. The smallest absolute Gasteiger partial charge is 0.271 e. The Morgan fingerprint density at radius 2 is 2.00 bits per heavy atom. The molecule has 2 amide bonds. The second kappa shape index (κ2) is 4.49. The first-order valence-corrected chi connectivity index (χ1v) is 7.47. The number of benzene rings is 1. The van der Waals surface area contributed by atoms with Crippen molar-refractivity contribution in [2.24, 2.45) is 11.8 Å². The Labute approximate surface area is 136 Å². The van der Waals surface area contributed by atoms with Crippen molar-refractivity contribution in [3.05, 3.63) is 46.5 Å². The van der Waals surface area contributed by atoms with Crippen molar-refractivity contribution >= 4 is 23.2 Å². The molecule has 8 heteroatoms. The molecular formula is C16H14N2O6. The normalized spacial score (nSPS) is 36.5. The number of aliphatic hydroxyl groups excluding tert-OH is 1. The maximum atomic E-state index is 12.9. The molecule has 4 rings (SSSR count). The highest BCUT2D eigenvalue weighted by Gasteiger charge is 2.72. The van der Waals surface area contributed by atoms with Gasteiger partial charge in [-0.25, -0.2) is 4.90 Å². The van der Waals surface area contributed by atoms with E-state index in [2.05, 4.69) is 0 Å². The average molecular weight is 330 g/mol. The molecule has 0 saturated carbocycles. The van der Waals surface area contributed by atoms with E-state index in [4.69, 9.17) is 4.74 Å². The maximum absolute atomic E-state index is 12.9. The highest BCUT2D eigenvalue weighted by Crippen LogP contribution is 2.57. The van der Waals surface area contributed by atoms with Crippen molar-refractivity contribution in [2.75, 3.05) is 11.5 Å². The van der Waals surface area contributed by atoms with Gasteiger partial charge in [0.2, 0.25) is 11.8 Å². The minimum absolute atomic E-state index is 0.157. The largest absolute Gasteiger partial charge is 0.393 e. The molecule has 0 unspecified atom stereocenters. The van der Waals surface area contributed by atoms with Gasteiger partial charge in [0.1, 0.15) is 5.60 Å². The third-order valence-corrected chi connectivity index (χ3v) is 5.10. The molecule has 1 aromatic carbocycles. The molecule has 3 aliphatic rings. The molecule has 0 radical (unpaired) electrons. The van der Waals surface area contributed by atoms with Gasteiger partial charge in [-0.1, -0.05) is 18.2 Å². The number of amides is 2. The van der Waals surface area contributed by atoms with Crippen LogP contribution in [0.15, 0.2) is 36.4 Å². The van der Waals surface area contributed by atoms with E-state index < -0.39 is 46.4 Å². The van der Waals surface area contributed by atoms with Crippen molar-refractivity contribution in [3.63, 3.8) is 0 Å². The molecule has 2 bridgehead atoms. The van der Waals surface area contributed by atoms with E-state index in [1.807, 2.05) is 0 Å². The zero-order valence-corrected chi connectivity index (χ0v) is 12.7. The second-order valence-electron chi connectivity index (χ2n) is 6.48. The molecule has 24 heavy (non-hydrogen) atoms. The number of anilines is 1. The Balaban J connectivity index is 1.80. The number of imide groups is 1. The molecule has 124 valence electrons. The van der Waals surface area contributed by atoms with E-state index in [1.54, 1.807) is 19.1 Å². The van der Waals surface area contributed by atoms with Gasteiger partial charge in [0.05, 0.1) is 34.7 Å². The van der Waals surface area contributed by atoms with Crippen molar-refractivity contribution in [3.8, 4) is 0 Å². The monoisotopic (exact) mass is 330 g/mol. The number of nitrogens with zero attached hydrogens (tertiary/aromatic N) is 2. The van der Waals surface area contributed by atoms with E-state index in [0.29, 0.717) is 0 Å². The van der Waals surface area contributed by atoms with Crippen LogP contribution in [0.25, 0.3) is 0 Å². The van der Waals surface area contributed by atoms with Gasteiger partial charge in [-0.3, -0.25) is 19.7 Å². The van der Waals surface area contributed by atoms with Crippen LogP contribution in [-0.2, 0) is 14.3 Å². The molecule has 1 N–H and O–H groups in total. The number of nitro benzene ring substituents is 1. The van der Waals surface area contributed by atoms with Crippen LogP contribution in [0, 0.1) is 22.0 Å². The van der Waals surface area contributed by atoms with Gasteiger partial charge in [-0.15, -0.1) is 0 Å². The number of hydrogen-bond acceptors (Lipinski definition) is 6. The molecule has 4 atom stereocenters.